The molecule has 0 saturated heterocycles. The largest absolute Gasteiger partial charge is 0.300 e. The quantitative estimate of drug-likeness (QED) is 0.843. The summed E-state index contributed by atoms with van der Waals surface area (Å²) in [5.41, 5.74) is 2.26. The molecule has 0 unspecified atom stereocenters. The highest BCUT2D eigenvalue weighted by Crippen LogP contribution is 2.14. The van der Waals surface area contributed by atoms with Gasteiger partial charge in [0.05, 0.1) is 6.07 Å². The normalized spacial score (nSPS) is 11.5. The smallest absolute Gasteiger partial charge is 0.101 e. The van der Waals surface area contributed by atoms with Gasteiger partial charge in [0.15, 0.2) is 0 Å². The zero-order chi connectivity index (χ0) is 12.9. The van der Waals surface area contributed by atoms with E-state index in [0.29, 0.717) is 5.92 Å². The minimum Gasteiger partial charge on any atom is -0.300 e. The molecular formula is C15H22N2. The SMILES string of the molecule is CC(C)c1ccc(CCNC(C)(C)C#N)cc1. The molecule has 0 heterocycles. The highest BCUT2D eigenvalue weighted by atomic mass is 14.9. The van der Waals surface area contributed by atoms with Crippen molar-refractivity contribution in [3.8, 4) is 6.07 Å². The summed E-state index contributed by atoms with van der Waals surface area (Å²) in [5, 5.41) is 12.1. The number of nitrogens with zero attached hydrogens (tertiary/aromatic N) is 1. The summed E-state index contributed by atoms with van der Waals surface area (Å²) >= 11 is 0. The van der Waals surface area contributed by atoms with Crippen molar-refractivity contribution in [2.45, 2.75) is 45.6 Å². The first-order valence-corrected chi connectivity index (χ1v) is 6.20. The van der Waals surface area contributed by atoms with Crippen molar-refractivity contribution in [3.63, 3.8) is 0 Å². The molecule has 1 rings (SSSR count). The van der Waals surface area contributed by atoms with E-state index in [1.165, 1.54) is 11.1 Å². The van der Waals surface area contributed by atoms with E-state index in [2.05, 4.69) is 49.5 Å². The third kappa shape index (κ3) is 4.58. The van der Waals surface area contributed by atoms with E-state index in [1.807, 2.05) is 13.8 Å². The van der Waals surface area contributed by atoms with Crippen LogP contribution in [0.5, 0.6) is 0 Å². The van der Waals surface area contributed by atoms with Gasteiger partial charge in [-0.15, -0.1) is 0 Å². The molecule has 0 radical (unpaired) electrons. The summed E-state index contributed by atoms with van der Waals surface area (Å²) in [5.74, 6) is 0.583. The van der Waals surface area contributed by atoms with E-state index in [1.54, 1.807) is 0 Å². The van der Waals surface area contributed by atoms with Crippen LogP contribution in [0.25, 0.3) is 0 Å². The van der Waals surface area contributed by atoms with Crippen molar-refractivity contribution in [1.29, 1.82) is 5.26 Å². The summed E-state index contributed by atoms with van der Waals surface area (Å²) in [7, 11) is 0. The summed E-state index contributed by atoms with van der Waals surface area (Å²) in [6, 6.07) is 11.0. The first-order chi connectivity index (χ1) is 7.94. The van der Waals surface area contributed by atoms with Crippen molar-refractivity contribution in [3.05, 3.63) is 35.4 Å². The van der Waals surface area contributed by atoms with Crippen LogP contribution < -0.4 is 5.32 Å². The van der Waals surface area contributed by atoms with Crippen molar-refractivity contribution in [2.75, 3.05) is 6.54 Å². The van der Waals surface area contributed by atoms with Crippen LogP contribution in [-0.4, -0.2) is 12.1 Å². The molecule has 0 bridgehead atoms. The fourth-order valence-electron chi connectivity index (χ4n) is 1.63. The number of rotatable bonds is 5. The Bertz CT molecular complexity index is 382. The highest BCUT2D eigenvalue weighted by molar-refractivity contribution is 5.24. The van der Waals surface area contributed by atoms with E-state index < -0.39 is 5.54 Å². The fourth-order valence-corrected chi connectivity index (χ4v) is 1.63. The zero-order valence-corrected chi connectivity index (χ0v) is 11.2. The van der Waals surface area contributed by atoms with Gasteiger partial charge < -0.3 is 0 Å². The van der Waals surface area contributed by atoms with Crippen LogP contribution in [0.1, 0.15) is 44.7 Å². The maximum absolute atomic E-state index is 8.88. The van der Waals surface area contributed by atoms with Crippen LogP contribution in [0.3, 0.4) is 0 Å². The molecule has 0 aromatic heterocycles. The molecule has 0 amide bonds. The molecular weight excluding hydrogens is 208 g/mol. The predicted molar refractivity (Wildman–Crippen MR) is 71.9 cm³/mol. The number of benzene rings is 1. The van der Waals surface area contributed by atoms with Gasteiger partial charge in [0.2, 0.25) is 0 Å². The van der Waals surface area contributed by atoms with E-state index in [9.17, 15) is 0 Å². The number of hydrogen-bond acceptors (Lipinski definition) is 2. The monoisotopic (exact) mass is 230 g/mol. The van der Waals surface area contributed by atoms with Crippen LogP contribution >= 0.6 is 0 Å². The predicted octanol–water partition coefficient (Wildman–Crippen LogP) is 3.24. The lowest BCUT2D eigenvalue weighted by Crippen LogP contribution is -2.38. The summed E-state index contributed by atoms with van der Waals surface area (Å²) in [6.07, 6.45) is 0.962. The Balaban J connectivity index is 2.46. The van der Waals surface area contributed by atoms with E-state index in [0.717, 1.165) is 13.0 Å². The molecule has 1 aromatic carbocycles. The van der Waals surface area contributed by atoms with Crippen LogP contribution in [0.2, 0.25) is 0 Å². The minimum atomic E-state index is -0.433. The topological polar surface area (TPSA) is 35.8 Å². The Morgan fingerprint density at radius 1 is 1.24 bits per heavy atom. The second kappa shape index (κ2) is 5.84. The Kier molecular flexibility index (Phi) is 4.72. The van der Waals surface area contributed by atoms with Gasteiger partial charge in [-0.3, -0.25) is 5.32 Å². The molecule has 92 valence electrons. The highest BCUT2D eigenvalue weighted by Gasteiger charge is 2.14. The molecule has 0 atom stereocenters. The molecule has 0 aliphatic carbocycles. The summed E-state index contributed by atoms with van der Waals surface area (Å²) in [6.45, 7) is 9.03. The molecule has 17 heavy (non-hydrogen) atoms. The number of nitrogens with one attached hydrogen (secondary N) is 1. The molecule has 0 saturated carbocycles. The Hall–Kier alpha value is -1.33. The van der Waals surface area contributed by atoms with E-state index in [-0.39, 0.29) is 0 Å². The zero-order valence-electron chi connectivity index (χ0n) is 11.2. The molecule has 0 fully saturated rings. The second-order valence-corrected chi connectivity index (χ2v) is 5.31. The third-order valence-corrected chi connectivity index (χ3v) is 2.91. The van der Waals surface area contributed by atoms with Crippen molar-refractivity contribution < 1.29 is 0 Å². The van der Waals surface area contributed by atoms with Gasteiger partial charge in [-0.25, -0.2) is 0 Å². The van der Waals surface area contributed by atoms with Gasteiger partial charge in [0, 0.05) is 6.54 Å². The average Bonchev–Trinajstić information content (AvgIpc) is 2.29. The van der Waals surface area contributed by atoms with Crippen molar-refractivity contribution in [1.82, 2.24) is 5.32 Å². The molecule has 1 N–H and O–H groups in total. The Labute approximate surface area is 105 Å². The first-order valence-electron chi connectivity index (χ1n) is 6.20. The van der Waals surface area contributed by atoms with Gasteiger partial charge >= 0.3 is 0 Å². The molecule has 2 nitrogen and oxygen atoms in total. The number of hydrogen-bond donors (Lipinski definition) is 1. The van der Waals surface area contributed by atoms with Crippen molar-refractivity contribution in [2.24, 2.45) is 0 Å². The third-order valence-electron chi connectivity index (χ3n) is 2.91. The fraction of sp³-hybridized carbons (Fsp3) is 0.533. The molecule has 0 spiro atoms. The minimum absolute atomic E-state index is 0.433. The van der Waals surface area contributed by atoms with Crippen LogP contribution in [0.4, 0.5) is 0 Å². The molecule has 1 aromatic rings. The van der Waals surface area contributed by atoms with Crippen molar-refractivity contribution >= 4 is 0 Å². The summed E-state index contributed by atoms with van der Waals surface area (Å²) in [4.78, 5) is 0. The van der Waals surface area contributed by atoms with Gasteiger partial charge in [-0.2, -0.15) is 5.26 Å². The lowest BCUT2D eigenvalue weighted by molar-refractivity contribution is 0.490. The number of nitriles is 1. The Morgan fingerprint density at radius 2 is 1.82 bits per heavy atom. The maximum Gasteiger partial charge on any atom is 0.101 e. The van der Waals surface area contributed by atoms with E-state index >= 15 is 0 Å². The molecule has 0 aliphatic rings. The maximum atomic E-state index is 8.88. The second-order valence-electron chi connectivity index (χ2n) is 5.31. The molecule has 2 heteroatoms. The van der Waals surface area contributed by atoms with Crippen LogP contribution in [0, 0.1) is 11.3 Å². The van der Waals surface area contributed by atoms with Gasteiger partial charge in [0.25, 0.3) is 0 Å². The van der Waals surface area contributed by atoms with Crippen LogP contribution in [-0.2, 0) is 6.42 Å². The van der Waals surface area contributed by atoms with Gasteiger partial charge in [-0.05, 0) is 37.3 Å². The average molecular weight is 230 g/mol. The molecule has 0 aliphatic heterocycles. The van der Waals surface area contributed by atoms with Gasteiger partial charge in [0.1, 0.15) is 5.54 Å². The Morgan fingerprint density at radius 3 is 2.29 bits per heavy atom. The first kappa shape index (κ1) is 13.7. The van der Waals surface area contributed by atoms with Crippen LogP contribution in [0.15, 0.2) is 24.3 Å². The lowest BCUT2D eigenvalue weighted by atomic mass is 10.0. The standard InChI is InChI=1S/C15H22N2/c1-12(2)14-7-5-13(6-8-14)9-10-17-15(3,4)11-16/h5-8,12,17H,9-10H2,1-4H3. The lowest BCUT2D eigenvalue weighted by Gasteiger charge is -2.17. The summed E-state index contributed by atoms with van der Waals surface area (Å²) < 4.78 is 0. The van der Waals surface area contributed by atoms with Gasteiger partial charge in [-0.1, -0.05) is 38.1 Å². The van der Waals surface area contributed by atoms with E-state index in [4.69, 9.17) is 5.26 Å².